The Morgan fingerprint density at radius 1 is 0.886 bits per heavy atom. The first-order chi connectivity index (χ1) is 17.0. The highest BCUT2D eigenvalue weighted by molar-refractivity contribution is 9.10. The van der Waals surface area contributed by atoms with Gasteiger partial charge in [0.05, 0.1) is 31.3 Å². The van der Waals surface area contributed by atoms with Gasteiger partial charge in [-0.2, -0.15) is 10.2 Å². The number of rotatable bonds is 5. The Labute approximate surface area is 215 Å². The van der Waals surface area contributed by atoms with E-state index < -0.39 is 11.0 Å². The van der Waals surface area contributed by atoms with Gasteiger partial charge < -0.3 is 9.47 Å². The van der Waals surface area contributed by atoms with Crippen LogP contribution < -0.4 is 14.8 Å². The lowest BCUT2D eigenvalue weighted by Gasteiger charge is -2.43. The number of hydrogen-bond donors (Lipinski definition) is 0. The fourth-order valence-corrected chi connectivity index (χ4v) is 5.24. The van der Waals surface area contributed by atoms with Gasteiger partial charge in [-0.1, -0.05) is 46.3 Å². The monoisotopic (exact) mass is 548 g/mol. The van der Waals surface area contributed by atoms with Crippen molar-refractivity contribution in [2.45, 2.75) is 4.99 Å². The minimum Gasteiger partial charge on any atom is -0.497 e. The zero-order chi connectivity index (χ0) is 24.4. The van der Waals surface area contributed by atoms with Crippen molar-refractivity contribution >= 4 is 55.8 Å². The molecule has 0 aromatic heterocycles. The second-order valence-electron chi connectivity index (χ2n) is 7.64. The van der Waals surface area contributed by atoms with Crippen LogP contribution >= 0.6 is 27.7 Å². The van der Waals surface area contributed by atoms with Gasteiger partial charge in [-0.05, 0) is 72.4 Å². The number of thioether (sulfide) groups is 1. The second kappa shape index (κ2) is 9.59. The minimum atomic E-state index is -0.974. The van der Waals surface area contributed by atoms with Crippen LogP contribution in [0, 0.1) is 0 Å². The molecule has 1 atom stereocenters. The summed E-state index contributed by atoms with van der Waals surface area (Å²) in [6.07, 6.45) is 3.97. The van der Waals surface area contributed by atoms with Crippen molar-refractivity contribution in [3.05, 3.63) is 101 Å². The summed E-state index contributed by atoms with van der Waals surface area (Å²) in [4.78, 5) is 11.6. The number of para-hydroxylation sites is 1. The van der Waals surface area contributed by atoms with Gasteiger partial charge in [0, 0.05) is 10.0 Å². The minimum absolute atomic E-state index is 0.233. The molecule has 0 saturated carbocycles. The number of hydrazone groups is 2. The molecular formula is C26H21BrN4O3S. The van der Waals surface area contributed by atoms with Gasteiger partial charge in [-0.3, -0.25) is 0 Å². The highest BCUT2D eigenvalue weighted by Crippen LogP contribution is 2.48. The highest BCUT2D eigenvalue weighted by atomic mass is 79.9. The van der Waals surface area contributed by atoms with E-state index in [0.29, 0.717) is 0 Å². The standard InChI is InChI=1S/C26H21BrN4O3S/c1-33-22-14-12-21(13-15-22)31-26(35-24(29-31)25(32)34-2)17-16-23(18-8-10-19(27)11-9-18)28-30(26)20-6-4-3-5-7-20/h3-17H,1-2H3. The first kappa shape index (κ1) is 23.2. The molecule has 7 nitrogen and oxygen atoms in total. The van der Waals surface area contributed by atoms with E-state index in [4.69, 9.17) is 14.6 Å². The molecule has 176 valence electrons. The fourth-order valence-electron chi connectivity index (χ4n) is 3.80. The smallest absolute Gasteiger partial charge is 0.365 e. The molecule has 0 saturated heterocycles. The fraction of sp³-hybridized carbons (Fsp3) is 0.115. The number of benzene rings is 3. The van der Waals surface area contributed by atoms with E-state index >= 15 is 0 Å². The number of ether oxygens (including phenoxy) is 2. The molecule has 0 radical (unpaired) electrons. The van der Waals surface area contributed by atoms with E-state index in [9.17, 15) is 4.79 Å². The Kier molecular flexibility index (Phi) is 6.36. The lowest BCUT2D eigenvalue weighted by Crippen LogP contribution is -2.53. The third-order valence-corrected chi connectivity index (χ3v) is 7.28. The Morgan fingerprint density at radius 3 is 2.20 bits per heavy atom. The molecule has 35 heavy (non-hydrogen) atoms. The summed E-state index contributed by atoms with van der Waals surface area (Å²) >= 11 is 4.77. The average molecular weight is 549 g/mol. The molecule has 1 spiro atoms. The summed E-state index contributed by atoms with van der Waals surface area (Å²) in [7, 11) is 2.97. The normalized spacial score (nSPS) is 18.9. The zero-order valence-electron chi connectivity index (χ0n) is 19.0. The molecule has 0 bridgehead atoms. The lowest BCUT2D eigenvalue weighted by atomic mass is 10.1. The summed E-state index contributed by atoms with van der Waals surface area (Å²) in [5.41, 5.74) is 3.37. The van der Waals surface area contributed by atoms with Crippen LogP contribution in [-0.4, -0.2) is 35.9 Å². The van der Waals surface area contributed by atoms with Crippen LogP contribution in [0.25, 0.3) is 0 Å². The van der Waals surface area contributed by atoms with Crippen LogP contribution in [0.15, 0.2) is 106 Å². The van der Waals surface area contributed by atoms with Crippen molar-refractivity contribution in [3.63, 3.8) is 0 Å². The van der Waals surface area contributed by atoms with Crippen molar-refractivity contribution in [3.8, 4) is 5.75 Å². The second-order valence-corrected chi connectivity index (χ2v) is 9.75. The maximum Gasteiger partial charge on any atom is 0.365 e. The summed E-state index contributed by atoms with van der Waals surface area (Å²) in [5.74, 6) is 0.218. The Balaban J connectivity index is 1.65. The number of nitrogens with zero attached hydrogens (tertiary/aromatic N) is 4. The summed E-state index contributed by atoms with van der Waals surface area (Å²) in [6.45, 7) is 0. The summed E-state index contributed by atoms with van der Waals surface area (Å²) in [5, 5.41) is 13.6. The van der Waals surface area contributed by atoms with Crippen molar-refractivity contribution < 1.29 is 14.3 Å². The lowest BCUT2D eigenvalue weighted by molar-refractivity contribution is -0.132. The van der Waals surface area contributed by atoms with Crippen molar-refractivity contribution in [1.29, 1.82) is 0 Å². The maximum absolute atomic E-state index is 12.6. The van der Waals surface area contributed by atoms with Crippen LogP contribution in [0.1, 0.15) is 5.56 Å². The van der Waals surface area contributed by atoms with Crippen molar-refractivity contribution in [2.24, 2.45) is 10.2 Å². The molecular weight excluding hydrogens is 528 g/mol. The van der Waals surface area contributed by atoms with E-state index in [2.05, 4.69) is 21.0 Å². The van der Waals surface area contributed by atoms with E-state index in [1.165, 1.54) is 18.9 Å². The molecule has 5 rings (SSSR count). The predicted molar refractivity (Wildman–Crippen MR) is 144 cm³/mol. The van der Waals surface area contributed by atoms with Crippen molar-refractivity contribution in [1.82, 2.24) is 0 Å². The van der Waals surface area contributed by atoms with Gasteiger partial charge in [0.1, 0.15) is 5.75 Å². The SMILES string of the molecule is COC(=O)C1=NN(c2ccc(OC)cc2)C2(C=CC(c3ccc(Br)cc3)=NN2c2ccccc2)S1. The van der Waals surface area contributed by atoms with Gasteiger partial charge in [0.2, 0.25) is 10.0 Å². The highest BCUT2D eigenvalue weighted by Gasteiger charge is 2.51. The first-order valence-corrected chi connectivity index (χ1v) is 12.3. The van der Waals surface area contributed by atoms with Gasteiger partial charge in [-0.15, -0.1) is 0 Å². The predicted octanol–water partition coefficient (Wildman–Crippen LogP) is 5.63. The first-order valence-electron chi connectivity index (χ1n) is 10.7. The molecule has 3 aromatic carbocycles. The molecule has 2 aliphatic rings. The molecule has 0 amide bonds. The number of anilines is 2. The molecule has 1 unspecified atom stereocenters. The Morgan fingerprint density at radius 2 is 1.54 bits per heavy atom. The van der Waals surface area contributed by atoms with Crippen LogP contribution in [0.5, 0.6) is 5.75 Å². The largest absolute Gasteiger partial charge is 0.497 e. The Hall–Kier alpha value is -3.56. The maximum atomic E-state index is 12.6. The van der Waals surface area contributed by atoms with Gasteiger partial charge in [0.15, 0.2) is 0 Å². The number of carbonyl (C=O) groups is 1. The average Bonchev–Trinajstić information content (AvgIpc) is 3.29. The third kappa shape index (κ3) is 4.33. The van der Waals surface area contributed by atoms with E-state index in [-0.39, 0.29) is 5.04 Å². The molecule has 2 aliphatic heterocycles. The van der Waals surface area contributed by atoms with E-state index in [1.807, 2.05) is 96.0 Å². The molecule has 0 fully saturated rings. The number of allylic oxidation sites excluding steroid dienone is 1. The van der Waals surface area contributed by atoms with Crippen LogP contribution in [0.2, 0.25) is 0 Å². The van der Waals surface area contributed by atoms with Crippen LogP contribution in [-0.2, 0) is 9.53 Å². The summed E-state index contributed by atoms with van der Waals surface area (Å²) < 4.78 is 11.3. The van der Waals surface area contributed by atoms with E-state index in [1.54, 1.807) is 12.1 Å². The topological polar surface area (TPSA) is 66.7 Å². The third-order valence-electron chi connectivity index (χ3n) is 5.53. The summed E-state index contributed by atoms with van der Waals surface area (Å²) in [6, 6.07) is 25.3. The number of carbonyl (C=O) groups excluding carboxylic acids is 1. The molecule has 0 N–H and O–H groups in total. The number of hydrogen-bond acceptors (Lipinski definition) is 8. The van der Waals surface area contributed by atoms with Crippen molar-refractivity contribution in [2.75, 3.05) is 24.2 Å². The quantitative estimate of drug-likeness (QED) is 0.385. The molecule has 9 heteroatoms. The van der Waals surface area contributed by atoms with Crippen LogP contribution in [0.3, 0.4) is 0 Å². The number of halogens is 1. The molecule has 3 aromatic rings. The molecule has 0 aliphatic carbocycles. The number of esters is 1. The Bertz CT molecular complexity index is 1330. The van der Waals surface area contributed by atoms with Gasteiger partial charge >= 0.3 is 5.97 Å². The van der Waals surface area contributed by atoms with Crippen LogP contribution in [0.4, 0.5) is 11.4 Å². The number of methoxy groups -OCH3 is 2. The zero-order valence-corrected chi connectivity index (χ0v) is 21.4. The molecule has 2 heterocycles. The van der Waals surface area contributed by atoms with E-state index in [0.717, 1.165) is 32.9 Å². The van der Waals surface area contributed by atoms with Gasteiger partial charge in [0.25, 0.3) is 0 Å². The van der Waals surface area contributed by atoms with Gasteiger partial charge in [-0.25, -0.2) is 14.8 Å².